The molecule has 6 heteroatoms. The van der Waals surface area contributed by atoms with Gasteiger partial charge in [-0.05, 0) is 41.3 Å². The van der Waals surface area contributed by atoms with Gasteiger partial charge in [0.1, 0.15) is 0 Å². The van der Waals surface area contributed by atoms with Crippen LogP contribution in [0.25, 0.3) is 0 Å². The number of aryl methyl sites for hydroxylation is 1. The molecule has 136 valence electrons. The molecule has 0 bridgehead atoms. The summed E-state index contributed by atoms with van der Waals surface area (Å²) in [5.74, 6) is 0.415. The molecule has 1 heterocycles. The van der Waals surface area contributed by atoms with E-state index in [1.807, 2.05) is 41.2 Å². The molecular weight excluding hydrogens is 437 g/mol. The molecule has 0 atom stereocenters. The number of hydrogen-bond acceptors (Lipinski definition) is 2. The molecule has 5 nitrogen and oxygen atoms in total. The lowest BCUT2D eigenvalue weighted by Gasteiger charge is -2.09. The van der Waals surface area contributed by atoms with Gasteiger partial charge >= 0.3 is 0 Å². The summed E-state index contributed by atoms with van der Waals surface area (Å²) in [5, 5.41) is 7.40. The van der Waals surface area contributed by atoms with Crippen molar-refractivity contribution in [1.82, 2.24) is 9.78 Å². The van der Waals surface area contributed by atoms with Gasteiger partial charge in [-0.15, -0.1) is 24.0 Å². The normalized spacial score (nSPS) is 11.0. The number of nitrogens with one attached hydrogen (secondary N) is 1. The minimum Gasteiger partial charge on any atom is -0.370 e. The van der Waals surface area contributed by atoms with Gasteiger partial charge in [0.25, 0.3) is 0 Å². The van der Waals surface area contributed by atoms with E-state index in [1.54, 1.807) is 6.20 Å². The number of aromatic nitrogens is 2. The number of benzene rings is 2. The average Bonchev–Trinajstić information content (AvgIpc) is 3.15. The lowest BCUT2D eigenvalue weighted by Crippen LogP contribution is -2.22. The second-order valence-electron chi connectivity index (χ2n) is 5.85. The SMILES string of the molecule is CCc1ccc(NC(N)=NCc2ccccc2Cn2cccn2)cc1.I. The van der Waals surface area contributed by atoms with Gasteiger partial charge in [-0.1, -0.05) is 43.3 Å². The van der Waals surface area contributed by atoms with Gasteiger partial charge in [0.05, 0.1) is 13.1 Å². The van der Waals surface area contributed by atoms with Crippen LogP contribution in [-0.4, -0.2) is 15.7 Å². The fraction of sp³-hybridized carbons (Fsp3) is 0.200. The highest BCUT2D eigenvalue weighted by Crippen LogP contribution is 2.13. The highest BCUT2D eigenvalue weighted by atomic mass is 127. The number of anilines is 1. The first-order valence-electron chi connectivity index (χ1n) is 8.44. The Balaban J connectivity index is 0.00000243. The number of halogens is 1. The van der Waals surface area contributed by atoms with Gasteiger partial charge in [0.2, 0.25) is 0 Å². The fourth-order valence-electron chi connectivity index (χ4n) is 2.62. The van der Waals surface area contributed by atoms with E-state index in [2.05, 4.69) is 46.6 Å². The third-order valence-electron chi connectivity index (χ3n) is 4.06. The highest BCUT2D eigenvalue weighted by Gasteiger charge is 2.03. The van der Waals surface area contributed by atoms with Gasteiger partial charge in [-0.2, -0.15) is 5.10 Å². The van der Waals surface area contributed by atoms with Crippen molar-refractivity contribution in [2.75, 3.05) is 5.32 Å². The maximum atomic E-state index is 6.03. The molecule has 0 radical (unpaired) electrons. The molecule has 0 spiro atoms. The summed E-state index contributed by atoms with van der Waals surface area (Å²) in [4.78, 5) is 4.48. The Hall–Kier alpha value is -2.35. The maximum absolute atomic E-state index is 6.03. The van der Waals surface area contributed by atoms with E-state index < -0.39 is 0 Å². The number of guanidine groups is 1. The smallest absolute Gasteiger partial charge is 0.193 e. The van der Waals surface area contributed by atoms with Crippen molar-refractivity contribution in [2.45, 2.75) is 26.4 Å². The van der Waals surface area contributed by atoms with Crippen molar-refractivity contribution in [2.24, 2.45) is 10.7 Å². The van der Waals surface area contributed by atoms with Crippen molar-refractivity contribution in [3.05, 3.63) is 83.7 Å². The summed E-state index contributed by atoms with van der Waals surface area (Å²) in [6, 6.07) is 18.4. The van der Waals surface area contributed by atoms with Crippen LogP contribution in [0.4, 0.5) is 5.69 Å². The van der Waals surface area contributed by atoms with Gasteiger partial charge < -0.3 is 11.1 Å². The van der Waals surface area contributed by atoms with Crippen LogP contribution in [0, 0.1) is 0 Å². The van der Waals surface area contributed by atoms with Crippen LogP contribution in [0.15, 0.2) is 72.0 Å². The molecule has 1 aromatic heterocycles. The van der Waals surface area contributed by atoms with Gasteiger partial charge in [0, 0.05) is 18.1 Å². The molecule has 0 aliphatic carbocycles. The van der Waals surface area contributed by atoms with Crippen molar-refractivity contribution < 1.29 is 0 Å². The number of nitrogens with two attached hydrogens (primary N) is 1. The van der Waals surface area contributed by atoms with E-state index in [9.17, 15) is 0 Å². The van der Waals surface area contributed by atoms with Gasteiger partial charge in [-0.3, -0.25) is 4.68 Å². The summed E-state index contributed by atoms with van der Waals surface area (Å²) >= 11 is 0. The largest absolute Gasteiger partial charge is 0.370 e. The predicted molar refractivity (Wildman–Crippen MR) is 118 cm³/mol. The van der Waals surface area contributed by atoms with Crippen LogP contribution >= 0.6 is 24.0 Å². The lowest BCUT2D eigenvalue weighted by atomic mass is 10.1. The van der Waals surface area contributed by atoms with Crippen LogP contribution in [-0.2, 0) is 19.5 Å². The molecular formula is C20H24IN5. The minimum absolute atomic E-state index is 0. The Morgan fingerprint density at radius 2 is 1.81 bits per heavy atom. The van der Waals surface area contributed by atoms with E-state index in [1.165, 1.54) is 11.1 Å². The summed E-state index contributed by atoms with van der Waals surface area (Å²) in [7, 11) is 0. The van der Waals surface area contributed by atoms with Crippen molar-refractivity contribution in [3.63, 3.8) is 0 Å². The van der Waals surface area contributed by atoms with Gasteiger partial charge in [-0.25, -0.2) is 4.99 Å². The zero-order valence-electron chi connectivity index (χ0n) is 14.8. The lowest BCUT2D eigenvalue weighted by molar-refractivity contribution is 0.681. The van der Waals surface area contributed by atoms with Crippen LogP contribution in [0.1, 0.15) is 23.6 Å². The van der Waals surface area contributed by atoms with Crippen LogP contribution in [0.3, 0.4) is 0 Å². The predicted octanol–water partition coefficient (Wildman–Crippen LogP) is 4.04. The van der Waals surface area contributed by atoms with Crippen molar-refractivity contribution in [3.8, 4) is 0 Å². The zero-order valence-corrected chi connectivity index (χ0v) is 17.1. The molecule has 3 N–H and O–H groups in total. The van der Waals surface area contributed by atoms with Gasteiger partial charge in [0.15, 0.2) is 5.96 Å². The highest BCUT2D eigenvalue weighted by molar-refractivity contribution is 14.0. The number of rotatable bonds is 6. The summed E-state index contributed by atoms with van der Waals surface area (Å²) in [6.45, 7) is 3.40. The van der Waals surface area contributed by atoms with E-state index in [-0.39, 0.29) is 24.0 Å². The molecule has 3 rings (SSSR count). The molecule has 0 aliphatic rings. The first-order chi connectivity index (χ1) is 12.2. The van der Waals surface area contributed by atoms with Crippen molar-refractivity contribution in [1.29, 1.82) is 0 Å². The van der Waals surface area contributed by atoms with E-state index in [0.717, 1.165) is 24.2 Å². The first-order valence-corrected chi connectivity index (χ1v) is 8.44. The summed E-state index contributed by atoms with van der Waals surface area (Å²) in [6.07, 6.45) is 4.76. The zero-order chi connectivity index (χ0) is 17.5. The molecule has 0 saturated heterocycles. The Morgan fingerprint density at radius 3 is 2.46 bits per heavy atom. The Labute approximate surface area is 171 Å². The molecule has 0 aliphatic heterocycles. The van der Waals surface area contributed by atoms with Crippen molar-refractivity contribution >= 4 is 35.6 Å². The maximum Gasteiger partial charge on any atom is 0.193 e. The summed E-state index contributed by atoms with van der Waals surface area (Å²) in [5.41, 5.74) is 10.6. The molecule has 0 unspecified atom stereocenters. The average molecular weight is 461 g/mol. The molecule has 0 amide bonds. The Bertz CT molecular complexity index is 826. The van der Waals surface area contributed by atoms with E-state index in [4.69, 9.17) is 5.73 Å². The second kappa shape index (κ2) is 9.96. The Morgan fingerprint density at radius 1 is 1.08 bits per heavy atom. The number of hydrogen-bond donors (Lipinski definition) is 2. The monoisotopic (exact) mass is 461 g/mol. The topological polar surface area (TPSA) is 68.2 Å². The number of aliphatic imine (C=N–C) groups is 1. The second-order valence-corrected chi connectivity index (χ2v) is 5.85. The first kappa shape index (κ1) is 20.0. The molecule has 26 heavy (non-hydrogen) atoms. The molecule has 2 aromatic carbocycles. The third kappa shape index (κ3) is 5.59. The third-order valence-corrected chi connectivity index (χ3v) is 4.06. The number of nitrogens with zero attached hydrogens (tertiary/aromatic N) is 3. The van der Waals surface area contributed by atoms with Crippen LogP contribution in [0.5, 0.6) is 0 Å². The Kier molecular flexibility index (Phi) is 7.65. The fourth-order valence-corrected chi connectivity index (χ4v) is 2.62. The molecule has 0 saturated carbocycles. The van der Waals surface area contributed by atoms with E-state index in [0.29, 0.717) is 12.5 Å². The standard InChI is InChI=1S/C20H23N5.HI/c1-2-16-8-10-19(11-9-16)24-20(21)22-14-17-6-3-4-7-18(17)15-25-13-5-12-23-25;/h3-13H,2,14-15H2,1H3,(H3,21,22,24);1H. The molecule has 3 aromatic rings. The van der Waals surface area contributed by atoms with E-state index >= 15 is 0 Å². The van der Waals surface area contributed by atoms with Crippen LogP contribution < -0.4 is 11.1 Å². The quantitative estimate of drug-likeness (QED) is 0.331. The summed E-state index contributed by atoms with van der Waals surface area (Å²) < 4.78 is 1.90. The minimum atomic E-state index is 0. The van der Waals surface area contributed by atoms with Crippen LogP contribution in [0.2, 0.25) is 0 Å². The molecule has 0 fully saturated rings.